The molecule has 24 heavy (non-hydrogen) atoms. The quantitative estimate of drug-likeness (QED) is 0.601. The Morgan fingerprint density at radius 2 is 1.88 bits per heavy atom. The molecule has 0 unspecified atom stereocenters. The van der Waals surface area contributed by atoms with E-state index in [9.17, 15) is 28.4 Å². The average Bonchev–Trinajstić information content (AvgIpc) is 2.48. The number of carbonyl (C=O) groups is 1. The minimum Gasteiger partial charge on any atom is -0.872 e. The molecule has 126 valence electrons. The molecule has 0 saturated carbocycles. The molecule has 2 aromatic rings. The van der Waals surface area contributed by atoms with Crippen molar-refractivity contribution in [2.45, 2.75) is 4.90 Å². The highest BCUT2D eigenvalue weighted by Gasteiger charge is 2.21. The smallest absolute Gasteiger partial charge is 0.335 e. The predicted molar refractivity (Wildman–Crippen MR) is 81.8 cm³/mol. The van der Waals surface area contributed by atoms with E-state index in [1.165, 1.54) is 0 Å². The van der Waals surface area contributed by atoms with E-state index in [1.54, 1.807) is 0 Å². The number of aromatic carboxylic acids is 1. The SMILES string of the molecule is O=C(O)c1cc(NS(=O)(=O)c2ccc(Cl)c([N+](=O)[O-])c2)ccc1[O-]. The molecule has 0 amide bonds. The van der Waals surface area contributed by atoms with Crippen LogP contribution in [0.15, 0.2) is 41.3 Å². The number of nitrogens with zero attached hydrogens (tertiary/aromatic N) is 1. The van der Waals surface area contributed by atoms with Gasteiger partial charge in [0.1, 0.15) is 5.02 Å². The van der Waals surface area contributed by atoms with Gasteiger partial charge >= 0.3 is 5.97 Å². The summed E-state index contributed by atoms with van der Waals surface area (Å²) in [4.78, 5) is 20.4. The van der Waals surface area contributed by atoms with Crippen molar-refractivity contribution in [3.63, 3.8) is 0 Å². The Kier molecular flexibility index (Phi) is 4.62. The predicted octanol–water partition coefficient (Wildman–Crippen LogP) is 1.82. The number of halogens is 1. The lowest BCUT2D eigenvalue weighted by Crippen LogP contribution is -2.14. The Balaban J connectivity index is 2.42. The van der Waals surface area contributed by atoms with Gasteiger partial charge in [0.05, 0.1) is 15.4 Å². The Morgan fingerprint density at radius 1 is 1.21 bits per heavy atom. The van der Waals surface area contributed by atoms with E-state index in [-0.39, 0.29) is 10.7 Å². The van der Waals surface area contributed by atoms with Gasteiger partial charge in [0.25, 0.3) is 15.7 Å². The number of nitro groups is 1. The first-order valence-electron chi connectivity index (χ1n) is 6.13. The molecule has 0 aromatic heterocycles. The molecule has 0 radical (unpaired) electrons. The van der Waals surface area contributed by atoms with Crippen LogP contribution in [-0.2, 0) is 10.0 Å². The number of anilines is 1. The third kappa shape index (κ3) is 3.55. The maximum atomic E-state index is 12.3. The Labute approximate surface area is 140 Å². The summed E-state index contributed by atoms with van der Waals surface area (Å²) >= 11 is 5.62. The zero-order valence-corrected chi connectivity index (χ0v) is 13.2. The second-order valence-corrected chi connectivity index (χ2v) is 6.58. The molecule has 0 aliphatic rings. The Bertz CT molecular complexity index is 943. The van der Waals surface area contributed by atoms with Gasteiger partial charge in [0.15, 0.2) is 0 Å². The molecule has 2 rings (SSSR count). The number of rotatable bonds is 5. The lowest BCUT2D eigenvalue weighted by atomic mass is 10.2. The fraction of sp³-hybridized carbons (Fsp3) is 0. The summed E-state index contributed by atoms with van der Waals surface area (Å²) < 4.78 is 26.5. The van der Waals surface area contributed by atoms with Gasteiger partial charge < -0.3 is 10.2 Å². The van der Waals surface area contributed by atoms with Crippen molar-refractivity contribution in [3.8, 4) is 5.75 Å². The summed E-state index contributed by atoms with van der Waals surface area (Å²) in [6, 6.07) is 5.70. The minimum atomic E-state index is -4.25. The summed E-state index contributed by atoms with van der Waals surface area (Å²) in [6.07, 6.45) is 0. The third-order valence-electron chi connectivity index (χ3n) is 2.89. The van der Waals surface area contributed by atoms with Gasteiger partial charge in [-0.15, -0.1) is 0 Å². The molecule has 0 saturated heterocycles. The molecule has 11 heteroatoms. The highest BCUT2D eigenvalue weighted by molar-refractivity contribution is 7.92. The van der Waals surface area contributed by atoms with E-state index < -0.39 is 42.8 Å². The Hall–Kier alpha value is -2.85. The van der Waals surface area contributed by atoms with Crippen LogP contribution in [0, 0.1) is 10.1 Å². The van der Waals surface area contributed by atoms with Gasteiger partial charge in [-0.3, -0.25) is 14.8 Å². The number of nitrogens with one attached hydrogen (secondary N) is 1. The summed E-state index contributed by atoms with van der Waals surface area (Å²) in [7, 11) is -4.25. The zero-order chi connectivity index (χ0) is 18.1. The molecule has 0 fully saturated rings. The van der Waals surface area contributed by atoms with Crippen LogP contribution in [0.2, 0.25) is 5.02 Å². The molecule has 0 atom stereocenters. The molecular weight excluding hydrogens is 364 g/mol. The Morgan fingerprint density at radius 3 is 2.46 bits per heavy atom. The standard InChI is InChI=1S/C13H9ClN2O7S/c14-10-3-2-8(6-11(10)16(20)21)24(22,23)15-7-1-4-12(17)9(5-7)13(18)19/h1-6,15,17H,(H,18,19)/p-1. The largest absolute Gasteiger partial charge is 0.872 e. The van der Waals surface area contributed by atoms with E-state index in [0.717, 1.165) is 36.4 Å². The first-order chi connectivity index (χ1) is 11.1. The van der Waals surface area contributed by atoms with Crippen LogP contribution in [0.25, 0.3) is 0 Å². The summed E-state index contributed by atoms with van der Waals surface area (Å²) in [5.41, 5.74) is -1.39. The van der Waals surface area contributed by atoms with E-state index in [0.29, 0.717) is 0 Å². The van der Waals surface area contributed by atoms with Crippen molar-refractivity contribution in [2.24, 2.45) is 0 Å². The summed E-state index contributed by atoms with van der Waals surface area (Å²) in [6.45, 7) is 0. The fourth-order valence-electron chi connectivity index (χ4n) is 1.77. The second-order valence-electron chi connectivity index (χ2n) is 4.49. The molecule has 0 aliphatic heterocycles. The second kappa shape index (κ2) is 6.34. The number of hydrogen-bond acceptors (Lipinski definition) is 6. The van der Waals surface area contributed by atoms with Crippen molar-refractivity contribution in [3.05, 3.63) is 57.1 Å². The van der Waals surface area contributed by atoms with E-state index in [1.807, 2.05) is 4.72 Å². The number of carboxylic acids is 1. The van der Waals surface area contributed by atoms with Crippen molar-refractivity contribution in [1.29, 1.82) is 0 Å². The third-order valence-corrected chi connectivity index (χ3v) is 4.59. The van der Waals surface area contributed by atoms with Crippen LogP contribution in [0.1, 0.15) is 10.4 Å². The monoisotopic (exact) mass is 371 g/mol. The van der Waals surface area contributed by atoms with Crippen molar-refractivity contribution >= 4 is 39.0 Å². The first-order valence-corrected chi connectivity index (χ1v) is 7.99. The average molecular weight is 372 g/mol. The van der Waals surface area contributed by atoms with E-state index in [4.69, 9.17) is 16.7 Å². The van der Waals surface area contributed by atoms with Gasteiger partial charge in [0, 0.05) is 11.8 Å². The molecule has 2 N–H and O–H groups in total. The lowest BCUT2D eigenvalue weighted by Gasteiger charge is -2.13. The van der Waals surface area contributed by atoms with Gasteiger partial charge in [0.2, 0.25) is 0 Å². The van der Waals surface area contributed by atoms with Crippen LogP contribution >= 0.6 is 11.6 Å². The molecule has 0 bridgehead atoms. The number of carboxylic acid groups (broad SMARTS) is 1. The maximum Gasteiger partial charge on any atom is 0.335 e. The summed E-state index contributed by atoms with van der Waals surface area (Å²) in [5, 5.41) is 30.8. The van der Waals surface area contributed by atoms with Gasteiger partial charge in [-0.05, 0) is 24.3 Å². The van der Waals surface area contributed by atoms with Crippen molar-refractivity contribution in [1.82, 2.24) is 0 Å². The van der Waals surface area contributed by atoms with Crippen LogP contribution in [0.4, 0.5) is 11.4 Å². The van der Waals surface area contributed by atoms with Crippen LogP contribution in [0.5, 0.6) is 5.75 Å². The first kappa shape index (κ1) is 17.5. The molecule has 0 spiro atoms. The molecular formula is C13H8ClN2O7S-. The van der Waals surface area contributed by atoms with Crippen molar-refractivity contribution < 1.29 is 28.3 Å². The van der Waals surface area contributed by atoms with Crippen LogP contribution < -0.4 is 9.83 Å². The van der Waals surface area contributed by atoms with Gasteiger partial charge in [-0.2, -0.15) is 0 Å². The normalized spacial score (nSPS) is 11.0. The molecule has 0 aliphatic carbocycles. The lowest BCUT2D eigenvalue weighted by molar-refractivity contribution is -0.384. The summed E-state index contributed by atoms with van der Waals surface area (Å²) in [5.74, 6) is -2.30. The van der Waals surface area contributed by atoms with Crippen LogP contribution in [0.3, 0.4) is 0 Å². The van der Waals surface area contributed by atoms with Gasteiger partial charge in [-0.1, -0.05) is 23.4 Å². The number of nitro benzene ring substituents is 1. The number of sulfonamides is 1. The van der Waals surface area contributed by atoms with Crippen LogP contribution in [-0.4, -0.2) is 24.4 Å². The van der Waals surface area contributed by atoms with E-state index >= 15 is 0 Å². The highest BCUT2D eigenvalue weighted by atomic mass is 35.5. The van der Waals surface area contributed by atoms with E-state index in [2.05, 4.69) is 0 Å². The highest BCUT2D eigenvalue weighted by Crippen LogP contribution is 2.28. The van der Waals surface area contributed by atoms with Crippen molar-refractivity contribution in [2.75, 3.05) is 4.72 Å². The number of hydrogen-bond donors (Lipinski definition) is 2. The topological polar surface area (TPSA) is 150 Å². The molecule has 0 heterocycles. The van der Waals surface area contributed by atoms with Gasteiger partial charge in [-0.25, -0.2) is 13.2 Å². The fourth-order valence-corrected chi connectivity index (χ4v) is 3.03. The zero-order valence-electron chi connectivity index (χ0n) is 11.6. The molecule has 2 aromatic carbocycles. The maximum absolute atomic E-state index is 12.3. The molecule has 9 nitrogen and oxygen atoms in total. The number of benzene rings is 2. The minimum absolute atomic E-state index is 0.176.